The van der Waals surface area contributed by atoms with Crippen LogP contribution in [0.4, 0.5) is 32.0 Å². The molecule has 1 N–H and O–H groups in total. The molecule has 1 heterocycles. The van der Waals surface area contributed by atoms with Crippen LogP contribution in [0.1, 0.15) is 24.2 Å². The second kappa shape index (κ2) is 10.1. The van der Waals surface area contributed by atoms with E-state index in [-0.39, 0.29) is 11.7 Å². The van der Waals surface area contributed by atoms with E-state index in [1.165, 1.54) is 4.57 Å². The number of rotatable bonds is 7. The summed E-state index contributed by atoms with van der Waals surface area (Å²) < 4.78 is 89.1. The lowest BCUT2D eigenvalue weighted by Gasteiger charge is -2.20. The Hall–Kier alpha value is -3.42. The normalized spacial score (nSPS) is 12.5. The smallest absolute Gasteiger partial charge is 0.425 e. The molecule has 0 aliphatic heterocycles. The van der Waals surface area contributed by atoms with E-state index in [1.54, 1.807) is 13.2 Å². The third-order valence-corrected chi connectivity index (χ3v) is 5.48. The summed E-state index contributed by atoms with van der Waals surface area (Å²) in [6.45, 7) is 2.46. The van der Waals surface area contributed by atoms with Crippen molar-refractivity contribution in [3.8, 4) is 11.4 Å². The Kier molecular flexibility index (Phi) is 7.53. The molecule has 1 atom stereocenters. The highest BCUT2D eigenvalue weighted by atomic mass is 32.2. The Balaban J connectivity index is 2.16. The summed E-state index contributed by atoms with van der Waals surface area (Å²) in [4.78, 5) is 25.4. The highest BCUT2D eigenvalue weighted by Crippen LogP contribution is 2.31. The van der Waals surface area contributed by atoms with Gasteiger partial charge in [0.2, 0.25) is 0 Å². The number of nitrogens with zero attached hydrogens (tertiary/aromatic N) is 3. The molecule has 3 rings (SSSR count). The quantitative estimate of drug-likeness (QED) is 0.359. The first-order valence-corrected chi connectivity index (χ1v) is 11.2. The molecule has 1 aromatic heterocycles. The monoisotopic (exact) mass is 520 g/mol. The summed E-state index contributed by atoms with van der Waals surface area (Å²) in [5, 5.41) is 6.05. The molecular weight excluding hydrogens is 502 g/mol. The fourth-order valence-corrected chi connectivity index (χ4v) is 3.58. The SMILES string of the molecule is CCn1c(SC)nn(-c2cc(OC(C)C(F)(F)F)c(C(=O)Nc3c(F)cccc3F)cc2F)c1=O. The Morgan fingerprint density at radius 3 is 2.31 bits per heavy atom. The van der Waals surface area contributed by atoms with Gasteiger partial charge in [-0.25, -0.2) is 18.0 Å². The Bertz CT molecular complexity index is 1300. The van der Waals surface area contributed by atoms with E-state index in [0.29, 0.717) is 23.7 Å². The molecule has 0 aliphatic rings. The standard InChI is InChI=1S/C21H18F6N4O3S/c1-4-30-19(35-3)29-31(20(30)33)15-9-16(34-10(2)21(25,26)27)11(8-14(15)24)18(32)28-17-12(22)6-5-7-13(17)23/h5-10H,4H2,1-3H3,(H,28,32). The molecule has 1 amide bonds. The van der Waals surface area contributed by atoms with Crippen LogP contribution in [0.25, 0.3) is 5.69 Å². The van der Waals surface area contributed by atoms with Gasteiger partial charge in [-0.2, -0.15) is 17.9 Å². The van der Waals surface area contributed by atoms with Crippen molar-refractivity contribution >= 4 is 23.4 Å². The lowest BCUT2D eigenvalue weighted by atomic mass is 10.1. The zero-order valence-corrected chi connectivity index (χ0v) is 19.2. The highest BCUT2D eigenvalue weighted by molar-refractivity contribution is 7.98. The number of carbonyl (C=O) groups is 1. The molecular formula is C21H18F6N4O3S. The molecule has 3 aromatic rings. The van der Waals surface area contributed by atoms with Crippen LogP contribution in [-0.2, 0) is 6.54 Å². The first-order chi connectivity index (χ1) is 16.4. The van der Waals surface area contributed by atoms with Crippen molar-refractivity contribution < 1.29 is 35.9 Å². The van der Waals surface area contributed by atoms with E-state index >= 15 is 4.39 Å². The molecule has 0 saturated carbocycles. The second-order valence-electron chi connectivity index (χ2n) is 7.08. The number of hydrogen-bond acceptors (Lipinski definition) is 5. The number of halogens is 6. The molecule has 1 unspecified atom stereocenters. The summed E-state index contributed by atoms with van der Waals surface area (Å²) in [5.74, 6) is -5.68. The fourth-order valence-electron chi connectivity index (χ4n) is 2.99. The van der Waals surface area contributed by atoms with Gasteiger partial charge in [0.05, 0.1) is 5.56 Å². The van der Waals surface area contributed by atoms with Crippen LogP contribution in [0.3, 0.4) is 0 Å². The molecule has 14 heteroatoms. The summed E-state index contributed by atoms with van der Waals surface area (Å²) in [5.41, 5.74) is -3.05. The van der Waals surface area contributed by atoms with Gasteiger partial charge in [-0.1, -0.05) is 17.8 Å². The summed E-state index contributed by atoms with van der Waals surface area (Å²) in [6.07, 6.45) is -5.71. The second-order valence-corrected chi connectivity index (χ2v) is 7.85. The van der Waals surface area contributed by atoms with Crippen LogP contribution in [-0.4, -0.2) is 38.8 Å². The average molecular weight is 520 g/mol. The summed E-state index contributed by atoms with van der Waals surface area (Å²) in [7, 11) is 0. The zero-order valence-electron chi connectivity index (χ0n) is 18.4. The van der Waals surface area contributed by atoms with Crippen molar-refractivity contribution in [2.45, 2.75) is 37.8 Å². The van der Waals surface area contributed by atoms with E-state index in [2.05, 4.69) is 5.10 Å². The zero-order chi connectivity index (χ0) is 26.1. The van der Waals surface area contributed by atoms with Gasteiger partial charge >= 0.3 is 11.9 Å². The van der Waals surface area contributed by atoms with Crippen LogP contribution in [0, 0.1) is 17.5 Å². The number of ether oxygens (including phenoxy) is 1. The lowest BCUT2D eigenvalue weighted by Crippen LogP contribution is -2.32. The molecule has 0 aliphatic carbocycles. The van der Waals surface area contributed by atoms with Gasteiger partial charge in [0.1, 0.15) is 34.6 Å². The molecule has 7 nitrogen and oxygen atoms in total. The number of aromatic nitrogens is 3. The maximum atomic E-state index is 15.1. The molecule has 0 fully saturated rings. The number of thioether (sulfide) groups is 1. The number of para-hydroxylation sites is 1. The van der Waals surface area contributed by atoms with Crippen LogP contribution in [0.2, 0.25) is 0 Å². The third kappa shape index (κ3) is 5.31. The van der Waals surface area contributed by atoms with Crippen molar-refractivity contribution in [3.63, 3.8) is 0 Å². The van der Waals surface area contributed by atoms with Crippen molar-refractivity contribution in [1.29, 1.82) is 0 Å². The average Bonchev–Trinajstić information content (AvgIpc) is 3.11. The van der Waals surface area contributed by atoms with Gasteiger partial charge in [0.15, 0.2) is 11.3 Å². The molecule has 0 radical (unpaired) electrons. The summed E-state index contributed by atoms with van der Waals surface area (Å²) >= 11 is 1.08. The maximum absolute atomic E-state index is 15.1. The van der Waals surface area contributed by atoms with Crippen molar-refractivity contribution in [3.05, 3.63) is 63.8 Å². The largest absolute Gasteiger partial charge is 0.480 e. The number of nitrogens with one attached hydrogen (secondary N) is 1. The van der Waals surface area contributed by atoms with Crippen LogP contribution in [0.15, 0.2) is 40.3 Å². The van der Waals surface area contributed by atoms with Crippen molar-refractivity contribution in [2.24, 2.45) is 0 Å². The minimum absolute atomic E-state index is 0.180. The predicted molar refractivity (Wildman–Crippen MR) is 116 cm³/mol. The van der Waals surface area contributed by atoms with E-state index < -0.39 is 64.0 Å². The van der Waals surface area contributed by atoms with Gasteiger partial charge in [0, 0.05) is 12.6 Å². The summed E-state index contributed by atoms with van der Waals surface area (Å²) in [6, 6.07) is 3.90. The van der Waals surface area contributed by atoms with Crippen molar-refractivity contribution in [1.82, 2.24) is 14.3 Å². The van der Waals surface area contributed by atoms with Gasteiger partial charge in [-0.15, -0.1) is 5.10 Å². The van der Waals surface area contributed by atoms with Crippen molar-refractivity contribution in [2.75, 3.05) is 11.6 Å². The molecule has 0 bridgehead atoms. The number of amides is 1. The lowest BCUT2D eigenvalue weighted by molar-refractivity contribution is -0.189. The van der Waals surface area contributed by atoms with Crippen LogP contribution >= 0.6 is 11.8 Å². The Labute approximate surface area is 198 Å². The first kappa shape index (κ1) is 26.2. The number of alkyl halides is 3. The maximum Gasteiger partial charge on any atom is 0.425 e. The van der Waals surface area contributed by atoms with Gasteiger partial charge < -0.3 is 10.1 Å². The molecule has 0 spiro atoms. The Morgan fingerprint density at radius 1 is 1.17 bits per heavy atom. The van der Waals surface area contributed by atoms with E-state index in [0.717, 1.165) is 30.0 Å². The van der Waals surface area contributed by atoms with Gasteiger partial charge in [-0.3, -0.25) is 9.36 Å². The van der Waals surface area contributed by atoms with E-state index in [9.17, 15) is 31.5 Å². The van der Waals surface area contributed by atoms with E-state index in [1.807, 2.05) is 5.32 Å². The third-order valence-electron chi connectivity index (χ3n) is 4.82. The Morgan fingerprint density at radius 2 is 1.80 bits per heavy atom. The highest BCUT2D eigenvalue weighted by Gasteiger charge is 2.39. The minimum Gasteiger partial charge on any atom is -0.480 e. The molecule has 2 aromatic carbocycles. The fraction of sp³-hybridized carbons (Fsp3) is 0.286. The number of hydrogen-bond donors (Lipinski definition) is 1. The number of anilines is 1. The minimum atomic E-state index is -4.87. The van der Waals surface area contributed by atoms with Crippen LogP contribution < -0.4 is 15.7 Å². The molecule has 35 heavy (non-hydrogen) atoms. The number of carbonyl (C=O) groups excluding carboxylic acids is 1. The van der Waals surface area contributed by atoms with Gasteiger partial charge in [0.25, 0.3) is 5.91 Å². The first-order valence-electron chi connectivity index (χ1n) is 9.95. The topological polar surface area (TPSA) is 78.2 Å². The molecule has 188 valence electrons. The number of benzene rings is 2. The van der Waals surface area contributed by atoms with Crippen LogP contribution in [0.5, 0.6) is 5.75 Å². The molecule has 0 saturated heterocycles. The van der Waals surface area contributed by atoms with Gasteiger partial charge in [-0.05, 0) is 38.3 Å². The van der Waals surface area contributed by atoms with E-state index in [4.69, 9.17) is 4.74 Å². The predicted octanol–water partition coefficient (Wildman–Crippen LogP) is 4.78.